The predicted octanol–water partition coefficient (Wildman–Crippen LogP) is 2.62. The number of nitrogens with one attached hydrogen (secondary N) is 1. The molecule has 110 valence electrons. The maximum absolute atomic E-state index is 9.22. The summed E-state index contributed by atoms with van der Waals surface area (Å²) in [5, 5.41) is 21.7. The van der Waals surface area contributed by atoms with Crippen molar-refractivity contribution in [2.45, 2.75) is 45.3 Å². The van der Waals surface area contributed by atoms with Crippen LogP contribution in [0.15, 0.2) is 24.3 Å². The number of aliphatic hydroxyl groups excluding tert-OH is 1. The molecule has 0 aromatic heterocycles. The van der Waals surface area contributed by atoms with Crippen LogP contribution in [0.25, 0.3) is 0 Å². The fourth-order valence-electron chi connectivity index (χ4n) is 1.97. The zero-order chi connectivity index (χ0) is 14.8. The monoisotopic (exact) mass is 276 g/mol. The number of nitrogens with zero attached hydrogens (tertiary/aromatic N) is 1. The molecule has 0 fully saturated rings. The second-order valence-corrected chi connectivity index (χ2v) is 5.09. The van der Waals surface area contributed by atoms with Crippen LogP contribution >= 0.6 is 0 Å². The molecular formula is C16H24N2O2. The summed E-state index contributed by atoms with van der Waals surface area (Å²) < 4.78 is 5.68. The molecule has 0 saturated heterocycles. The average molecular weight is 276 g/mol. The first-order valence-corrected chi connectivity index (χ1v) is 7.13. The molecule has 20 heavy (non-hydrogen) atoms. The van der Waals surface area contributed by atoms with E-state index in [-0.39, 0.29) is 6.61 Å². The van der Waals surface area contributed by atoms with Crippen LogP contribution in [0.2, 0.25) is 0 Å². The van der Waals surface area contributed by atoms with Crippen LogP contribution in [0.5, 0.6) is 5.75 Å². The maximum atomic E-state index is 9.22. The Kier molecular flexibility index (Phi) is 7.06. The Morgan fingerprint density at radius 1 is 1.40 bits per heavy atom. The van der Waals surface area contributed by atoms with Crippen molar-refractivity contribution in [2.24, 2.45) is 0 Å². The van der Waals surface area contributed by atoms with Crippen LogP contribution < -0.4 is 10.1 Å². The molecule has 0 aliphatic heterocycles. The highest BCUT2D eigenvalue weighted by molar-refractivity contribution is 5.32. The molecule has 4 heteroatoms. The van der Waals surface area contributed by atoms with Crippen LogP contribution in [0.4, 0.5) is 0 Å². The number of rotatable bonds is 9. The summed E-state index contributed by atoms with van der Waals surface area (Å²) in [6.07, 6.45) is 2.54. The van der Waals surface area contributed by atoms with Gasteiger partial charge in [-0.15, -0.1) is 0 Å². The van der Waals surface area contributed by atoms with Gasteiger partial charge >= 0.3 is 0 Å². The largest absolute Gasteiger partial charge is 0.493 e. The molecule has 0 aliphatic carbocycles. The molecule has 0 amide bonds. The summed E-state index contributed by atoms with van der Waals surface area (Å²) in [5.41, 5.74) is 0.301. The standard InChI is InChI=1S/C16H24N2O2/c1-3-10-18-16(2,13-17)9-6-11-20-15-8-5-4-7-14(15)12-19/h4-5,7-8,18-19H,3,6,9-12H2,1-2H3. The second-order valence-electron chi connectivity index (χ2n) is 5.09. The SMILES string of the molecule is CCCNC(C)(C#N)CCCOc1ccccc1CO. The third-order valence-electron chi connectivity index (χ3n) is 3.23. The molecule has 2 N–H and O–H groups in total. The number of nitriles is 1. The van der Waals surface area contributed by atoms with Gasteiger partial charge < -0.3 is 9.84 Å². The minimum atomic E-state index is -0.490. The van der Waals surface area contributed by atoms with Gasteiger partial charge in [-0.1, -0.05) is 25.1 Å². The maximum Gasteiger partial charge on any atom is 0.124 e. The Labute approximate surface area is 121 Å². The minimum Gasteiger partial charge on any atom is -0.493 e. The lowest BCUT2D eigenvalue weighted by Crippen LogP contribution is -2.41. The molecular weight excluding hydrogens is 252 g/mol. The van der Waals surface area contributed by atoms with Gasteiger partial charge in [0.1, 0.15) is 11.3 Å². The van der Waals surface area contributed by atoms with E-state index in [1.165, 1.54) is 0 Å². The lowest BCUT2D eigenvalue weighted by atomic mass is 9.98. The summed E-state index contributed by atoms with van der Waals surface area (Å²) in [6, 6.07) is 9.78. The number of aliphatic hydroxyl groups is 1. The highest BCUT2D eigenvalue weighted by Gasteiger charge is 2.21. The third kappa shape index (κ3) is 5.20. The van der Waals surface area contributed by atoms with Crippen molar-refractivity contribution < 1.29 is 9.84 Å². The van der Waals surface area contributed by atoms with E-state index in [1.54, 1.807) is 0 Å². The number of ether oxygens (including phenoxy) is 1. The fraction of sp³-hybridized carbons (Fsp3) is 0.562. The van der Waals surface area contributed by atoms with E-state index in [0.717, 1.165) is 37.1 Å². The van der Waals surface area contributed by atoms with E-state index in [0.29, 0.717) is 6.61 Å². The molecule has 1 atom stereocenters. The van der Waals surface area contributed by atoms with Gasteiger partial charge in [-0.2, -0.15) is 5.26 Å². The number of para-hydroxylation sites is 1. The molecule has 1 aromatic rings. The van der Waals surface area contributed by atoms with Crippen LogP contribution in [-0.4, -0.2) is 23.8 Å². The van der Waals surface area contributed by atoms with Gasteiger partial charge in [-0.05, 0) is 38.8 Å². The van der Waals surface area contributed by atoms with Crippen LogP contribution in [0, 0.1) is 11.3 Å². The van der Waals surface area contributed by atoms with Crippen LogP contribution in [-0.2, 0) is 6.61 Å². The first kappa shape index (κ1) is 16.5. The van der Waals surface area contributed by atoms with Gasteiger partial charge in [-0.3, -0.25) is 5.32 Å². The van der Waals surface area contributed by atoms with Gasteiger partial charge in [0.2, 0.25) is 0 Å². The van der Waals surface area contributed by atoms with E-state index in [9.17, 15) is 10.4 Å². The van der Waals surface area contributed by atoms with E-state index in [1.807, 2.05) is 31.2 Å². The van der Waals surface area contributed by atoms with E-state index < -0.39 is 5.54 Å². The fourth-order valence-corrected chi connectivity index (χ4v) is 1.97. The molecule has 0 bridgehead atoms. The highest BCUT2D eigenvalue weighted by atomic mass is 16.5. The summed E-state index contributed by atoms with van der Waals surface area (Å²) in [7, 11) is 0. The molecule has 0 heterocycles. The zero-order valence-electron chi connectivity index (χ0n) is 12.4. The van der Waals surface area contributed by atoms with Gasteiger partial charge in [-0.25, -0.2) is 0 Å². The average Bonchev–Trinajstić information content (AvgIpc) is 2.50. The summed E-state index contributed by atoms with van der Waals surface area (Å²) in [4.78, 5) is 0. The molecule has 0 spiro atoms. The normalized spacial score (nSPS) is 13.5. The van der Waals surface area contributed by atoms with Gasteiger partial charge in [0, 0.05) is 5.56 Å². The van der Waals surface area contributed by atoms with Gasteiger partial charge in [0.25, 0.3) is 0 Å². The van der Waals surface area contributed by atoms with Crippen molar-refractivity contribution in [2.75, 3.05) is 13.2 Å². The highest BCUT2D eigenvalue weighted by Crippen LogP contribution is 2.19. The molecule has 0 aliphatic rings. The summed E-state index contributed by atoms with van der Waals surface area (Å²) >= 11 is 0. The first-order chi connectivity index (χ1) is 9.65. The van der Waals surface area contributed by atoms with Crippen LogP contribution in [0.1, 0.15) is 38.7 Å². The van der Waals surface area contributed by atoms with E-state index >= 15 is 0 Å². The van der Waals surface area contributed by atoms with Crippen molar-refractivity contribution in [3.63, 3.8) is 0 Å². The minimum absolute atomic E-state index is 0.0237. The van der Waals surface area contributed by atoms with Crippen molar-refractivity contribution in [1.29, 1.82) is 5.26 Å². The molecule has 4 nitrogen and oxygen atoms in total. The van der Waals surface area contributed by atoms with Crippen molar-refractivity contribution >= 4 is 0 Å². The molecule has 0 radical (unpaired) electrons. The lowest BCUT2D eigenvalue weighted by molar-refractivity contribution is 0.254. The Hall–Kier alpha value is -1.57. The van der Waals surface area contributed by atoms with Gasteiger partial charge in [0.05, 0.1) is 19.3 Å². The number of hydrogen-bond donors (Lipinski definition) is 2. The lowest BCUT2D eigenvalue weighted by Gasteiger charge is -2.23. The van der Waals surface area contributed by atoms with Crippen LogP contribution in [0.3, 0.4) is 0 Å². The Balaban J connectivity index is 2.39. The Bertz CT molecular complexity index is 442. The smallest absolute Gasteiger partial charge is 0.124 e. The summed E-state index contributed by atoms with van der Waals surface area (Å²) in [6.45, 7) is 5.37. The Morgan fingerprint density at radius 2 is 2.15 bits per heavy atom. The summed E-state index contributed by atoms with van der Waals surface area (Å²) in [5.74, 6) is 0.718. The third-order valence-corrected chi connectivity index (χ3v) is 3.23. The Morgan fingerprint density at radius 3 is 2.80 bits per heavy atom. The molecule has 0 saturated carbocycles. The van der Waals surface area contributed by atoms with Crippen molar-refractivity contribution in [3.8, 4) is 11.8 Å². The van der Waals surface area contributed by atoms with Gasteiger partial charge in [0.15, 0.2) is 0 Å². The molecule has 1 unspecified atom stereocenters. The number of benzene rings is 1. The number of hydrogen-bond acceptors (Lipinski definition) is 4. The zero-order valence-corrected chi connectivity index (χ0v) is 12.4. The van der Waals surface area contributed by atoms with Crippen molar-refractivity contribution in [1.82, 2.24) is 5.32 Å². The quantitative estimate of drug-likeness (QED) is 0.680. The molecule has 1 aromatic carbocycles. The molecule has 1 rings (SSSR count). The predicted molar refractivity (Wildman–Crippen MR) is 79.4 cm³/mol. The van der Waals surface area contributed by atoms with E-state index in [4.69, 9.17) is 4.74 Å². The topological polar surface area (TPSA) is 65.3 Å². The second kappa shape index (κ2) is 8.57. The first-order valence-electron chi connectivity index (χ1n) is 7.13. The van der Waals surface area contributed by atoms with Crippen molar-refractivity contribution in [3.05, 3.63) is 29.8 Å². The van der Waals surface area contributed by atoms with E-state index in [2.05, 4.69) is 18.3 Å².